The fraction of sp³-hybridized carbons (Fsp3) is 0.182. The molecule has 0 unspecified atom stereocenters. The summed E-state index contributed by atoms with van der Waals surface area (Å²) in [6, 6.07) is 4.78. The Labute approximate surface area is 105 Å². The average molecular weight is 267 g/mol. The predicted octanol–water partition coefficient (Wildman–Crippen LogP) is 1.01. The number of nitrogens with one attached hydrogen (secondary N) is 2. The van der Waals surface area contributed by atoms with Gasteiger partial charge in [0.15, 0.2) is 0 Å². The molecule has 0 amide bonds. The zero-order valence-electron chi connectivity index (χ0n) is 9.71. The number of sulfonamides is 1. The molecule has 0 fully saturated rings. The van der Waals surface area contributed by atoms with Gasteiger partial charge in [0, 0.05) is 6.20 Å². The van der Waals surface area contributed by atoms with Gasteiger partial charge >= 0.3 is 0 Å². The molecule has 18 heavy (non-hydrogen) atoms. The number of anilines is 1. The number of aliphatic hydroxyl groups excluding tert-OH is 1. The third-order valence-corrected chi connectivity index (χ3v) is 4.13. The van der Waals surface area contributed by atoms with Crippen LogP contribution in [0.1, 0.15) is 11.1 Å². The number of rotatable bonds is 4. The van der Waals surface area contributed by atoms with Gasteiger partial charge in [-0.1, -0.05) is 12.1 Å². The summed E-state index contributed by atoms with van der Waals surface area (Å²) in [6.07, 6.45) is 2.82. The van der Waals surface area contributed by atoms with E-state index in [0.717, 1.165) is 0 Å². The van der Waals surface area contributed by atoms with Crippen molar-refractivity contribution in [3.8, 4) is 0 Å². The van der Waals surface area contributed by atoms with E-state index in [4.69, 9.17) is 5.11 Å². The number of hydrogen-bond donors (Lipinski definition) is 3. The zero-order valence-corrected chi connectivity index (χ0v) is 10.5. The molecule has 0 radical (unpaired) electrons. The lowest BCUT2D eigenvalue weighted by Gasteiger charge is -2.11. The number of aromatic amines is 1. The highest BCUT2D eigenvalue weighted by Gasteiger charge is 2.18. The molecule has 1 aromatic heterocycles. The topological polar surface area (TPSA) is 95.1 Å². The van der Waals surface area contributed by atoms with Gasteiger partial charge < -0.3 is 5.11 Å². The minimum absolute atomic E-state index is 0.148. The number of nitrogens with zero attached hydrogens (tertiary/aromatic N) is 1. The Bertz CT molecular complexity index is 636. The van der Waals surface area contributed by atoms with E-state index in [0.29, 0.717) is 16.8 Å². The molecule has 1 heterocycles. The maximum absolute atomic E-state index is 12.2. The first kappa shape index (κ1) is 12.6. The Kier molecular flexibility index (Phi) is 3.35. The minimum atomic E-state index is -3.67. The van der Waals surface area contributed by atoms with Crippen molar-refractivity contribution in [2.45, 2.75) is 18.4 Å². The molecule has 2 aromatic rings. The van der Waals surface area contributed by atoms with Crippen molar-refractivity contribution in [3.05, 3.63) is 41.7 Å². The molecule has 3 N–H and O–H groups in total. The van der Waals surface area contributed by atoms with Gasteiger partial charge in [-0.2, -0.15) is 5.10 Å². The first-order chi connectivity index (χ1) is 8.54. The maximum atomic E-state index is 12.2. The van der Waals surface area contributed by atoms with Crippen LogP contribution in [0.4, 0.5) is 5.69 Å². The summed E-state index contributed by atoms with van der Waals surface area (Å²) in [5.41, 5.74) is 1.49. The molecule has 1 aromatic carbocycles. The highest BCUT2D eigenvalue weighted by Crippen LogP contribution is 2.21. The van der Waals surface area contributed by atoms with Gasteiger partial charge in [-0.3, -0.25) is 9.82 Å². The van der Waals surface area contributed by atoms with Gasteiger partial charge in [-0.05, 0) is 24.1 Å². The van der Waals surface area contributed by atoms with E-state index in [1.165, 1.54) is 18.5 Å². The molecular formula is C11H13N3O3S. The molecule has 7 heteroatoms. The summed E-state index contributed by atoms with van der Waals surface area (Å²) < 4.78 is 26.7. The summed E-state index contributed by atoms with van der Waals surface area (Å²) in [5.74, 6) is 0. The normalized spacial score (nSPS) is 11.4. The van der Waals surface area contributed by atoms with E-state index in [-0.39, 0.29) is 11.5 Å². The average Bonchev–Trinajstić information content (AvgIpc) is 2.81. The molecular weight excluding hydrogens is 254 g/mol. The SMILES string of the molecule is Cc1c(CO)cccc1S(=O)(=O)Nc1cn[nH]c1. The largest absolute Gasteiger partial charge is 0.392 e. The first-order valence-corrected chi connectivity index (χ1v) is 6.74. The van der Waals surface area contributed by atoms with E-state index < -0.39 is 10.0 Å². The predicted molar refractivity (Wildman–Crippen MR) is 66.5 cm³/mol. The van der Waals surface area contributed by atoms with Crippen LogP contribution >= 0.6 is 0 Å². The van der Waals surface area contributed by atoms with Crippen LogP contribution in [0.2, 0.25) is 0 Å². The van der Waals surface area contributed by atoms with Crippen LogP contribution in [0.25, 0.3) is 0 Å². The second kappa shape index (κ2) is 4.79. The van der Waals surface area contributed by atoms with Crippen LogP contribution in [-0.4, -0.2) is 23.7 Å². The molecule has 0 saturated heterocycles. The first-order valence-electron chi connectivity index (χ1n) is 5.25. The second-order valence-electron chi connectivity index (χ2n) is 3.79. The van der Waals surface area contributed by atoms with Crippen LogP contribution in [0, 0.1) is 6.92 Å². The Balaban J connectivity index is 2.42. The van der Waals surface area contributed by atoms with Gasteiger partial charge in [0.2, 0.25) is 0 Å². The van der Waals surface area contributed by atoms with Crippen LogP contribution in [0.3, 0.4) is 0 Å². The van der Waals surface area contributed by atoms with Crippen molar-refractivity contribution < 1.29 is 13.5 Å². The summed E-state index contributed by atoms with van der Waals surface area (Å²) in [6.45, 7) is 1.47. The van der Waals surface area contributed by atoms with Crippen molar-refractivity contribution in [2.24, 2.45) is 0 Å². The molecule has 0 atom stereocenters. The van der Waals surface area contributed by atoms with Gasteiger partial charge in [0.25, 0.3) is 10.0 Å². The van der Waals surface area contributed by atoms with Crippen molar-refractivity contribution in [3.63, 3.8) is 0 Å². The lowest BCUT2D eigenvalue weighted by molar-refractivity contribution is 0.280. The van der Waals surface area contributed by atoms with Crippen LogP contribution < -0.4 is 4.72 Å². The number of aromatic nitrogens is 2. The lowest BCUT2D eigenvalue weighted by atomic mass is 10.1. The van der Waals surface area contributed by atoms with Crippen molar-refractivity contribution in [1.82, 2.24) is 10.2 Å². The number of hydrogen-bond acceptors (Lipinski definition) is 4. The minimum Gasteiger partial charge on any atom is -0.392 e. The molecule has 0 spiro atoms. The van der Waals surface area contributed by atoms with E-state index in [2.05, 4.69) is 14.9 Å². The smallest absolute Gasteiger partial charge is 0.262 e. The van der Waals surface area contributed by atoms with E-state index in [9.17, 15) is 8.42 Å². The van der Waals surface area contributed by atoms with E-state index in [1.807, 2.05) is 0 Å². The third-order valence-electron chi connectivity index (χ3n) is 2.61. The number of aliphatic hydroxyl groups is 1. The maximum Gasteiger partial charge on any atom is 0.262 e. The van der Waals surface area contributed by atoms with Crippen molar-refractivity contribution in [2.75, 3.05) is 4.72 Å². The van der Waals surface area contributed by atoms with Gasteiger partial charge in [-0.25, -0.2) is 8.42 Å². The van der Waals surface area contributed by atoms with E-state index >= 15 is 0 Å². The summed E-state index contributed by atoms with van der Waals surface area (Å²) in [7, 11) is -3.67. The lowest BCUT2D eigenvalue weighted by Crippen LogP contribution is -2.14. The molecule has 0 aliphatic heterocycles. The highest BCUT2D eigenvalue weighted by molar-refractivity contribution is 7.92. The van der Waals surface area contributed by atoms with Crippen molar-refractivity contribution >= 4 is 15.7 Å². The number of H-pyrrole nitrogens is 1. The summed E-state index contributed by atoms with van der Waals surface area (Å²) >= 11 is 0. The Morgan fingerprint density at radius 1 is 1.44 bits per heavy atom. The fourth-order valence-corrected chi connectivity index (χ4v) is 2.96. The Morgan fingerprint density at radius 2 is 2.22 bits per heavy atom. The molecule has 0 saturated carbocycles. The Hall–Kier alpha value is -1.86. The monoisotopic (exact) mass is 267 g/mol. The number of benzene rings is 1. The van der Waals surface area contributed by atoms with Gasteiger partial charge in [0.05, 0.1) is 23.4 Å². The summed E-state index contributed by atoms with van der Waals surface area (Å²) in [5, 5.41) is 15.3. The Morgan fingerprint density at radius 3 is 2.83 bits per heavy atom. The zero-order chi connectivity index (χ0) is 13.2. The molecule has 0 aliphatic carbocycles. The summed E-state index contributed by atoms with van der Waals surface area (Å²) in [4.78, 5) is 0.148. The van der Waals surface area contributed by atoms with E-state index in [1.54, 1.807) is 19.1 Å². The third kappa shape index (κ3) is 2.36. The molecule has 96 valence electrons. The standard InChI is InChI=1S/C11H13N3O3S/c1-8-9(7-15)3-2-4-11(8)18(16,17)14-10-5-12-13-6-10/h2-6,14-15H,7H2,1H3,(H,12,13). The quantitative estimate of drug-likeness (QED) is 0.770. The van der Waals surface area contributed by atoms with Gasteiger partial charge in [-0.15, -0.1) is 0 Å². The molecule has 6 nitrogen and oxygen atoms in total. The van der Waals surface area contributed by atoms with Crippen LogP contribution in [-0.2, 0) is 16.6 Å². The molecule has 0 bridgehead atoms. The van der Waals surface area contributed by atoms with Gasteiger partial charge in [0.1, 0.15) is 0 Å². The second-order valence-corrected chi connectivity index (χ2v) is 5.44. The fourth-order valence-electron chi connectivity index (χ4n) is 1.64. The van der Waals surface area contributed by atoms with Crippen LogP contribution in [0.15, 0.2) is 35.5 Å². The van der Waals surface area contributed by atoms with Crippen molar-refractivity contribution in [1.29, 1.82) is 0 Å². The highest BCUT2D eigenvalue weighted by atomic mass is 32.2. The molecule has 2 rings (SSSR count). The van der Waals surface area contributed by atoms with Crippen LogP contribution in [0.5, 0.6) is 0 Å². The molecule has 0 aliphatic rings.